The van der Waals surface area contributed by atoms with Crippen LogP contribution in [0, 0.1) is 24.0 Å². The van der Waals surface area contributed by atoms with Crippen LogP contribution in [0.15, 0.2) is 42.5 Å². The summed E-state index contributed by atoms with van der Waals surface area (Å²) in [6.07, 6.45) is 0. The van der Waals surface area contributed by atoms with Crippen molar-refractivity contribution in [3.8, 4) is 0 Å². The average Bonchev–Trinajstić information content (AvgIpc) is 2.70. The van der Waals surface area contributed by atoms with E-state index in [1.165, 1.54) is 11.6 Å². The summed E-state index contributed by atoms with van der Waals surface area (Å²) in [5.41, 5.74) is 2.97. The van der Waals surface area contributed by atoms with Crippen LogP contribution in [0.25, 0.3) is 0 Å². The second-order valence-corrected chi connectivity index (χ2v) is 6.99. The van der Waals surface area contributed by atoms with Crippen LogP contribution < -0.4 is 5.32 Å². The van der Waals surface area contributed by atoms with E-state index in [0.29, 0.717) is 30.9 Å². The van der Waals surface area contributed by atoms with Crippen molar-refractivity contribution in [2.24, 2.45) is 0 Å². The number of nitro groups is 1. The van der Waals surface area contributed by atoms with Gasteiger partial charge in [0.15, 0.2) is 0 Å². The van der Waals surface area contributed by atoms with E-state index in [2.05, 4.69) is 34.5 Å². The molecule has 1 unspecified atom stereocenters. The minimum atomic E-state index is -0.463. The molecule has 7 heteroatoms. The van der Waals surface area contributed by atoms with Crippen LogP contribution in [0.3, 0.4) is 0 Å². The second-order valence-electron chi connectivity index (χ2n) is 6.99. The van der Waals surface area contributed by atoms with Crippen molar-refractivity contribution in [3.05, 3.63) is 74.8 Å². The largest absolute Gasteiger partial charge is 0.379 e. The first kappa shape index (κ1) is 20.0. The molecule has 0 bridgehead atoms. The van der Waals surface area contributed by atoms with Crippen molar-refractivity contribution in [1.29, 1.82) is 0 Å². The van der Waals surface area contributed by atoms with E-state index in [1.54, 1.807) is 19.1 Å². The Morgan fingerprint density at radius 2 is 1.86 bits per heavy atom. The monoisotopic (exact) mass is 383 g/mol. The summed E-state index contributed by atoms with van der Waals surface area (Å²) >= 11 is 0. The Morgan fingerprint density at radius 3 is 2.50 bits per heavy atom. The Hall–Kier alpha value is -2.77. The molecule has 1 heterocycles. The minimum Gasteiger partial charge on any atom is -0.379 e. The topological polar surface area (TPSA) is 84.7 Å². The lowest BCUT2D eigenvalue weighted by Crippen LogP contribution is -2.43. The first-order chi connectivity index (χ1) is 13.5. The second kappa shape index (κ2) is 8.95. The van der Waals surface area contributed by atoms with Gasteiger partial charge in [0.25, 0.3) is 11.6 Å². The zero-order valence-electron chi connectivity index (χ0n) is 16.2. The predicted molar refractivity (Wildman–Crippen MR) is 106 cm³/mol. The van der Waals surface area contributed by atoms with Gasteiger partial charge in [0.05, 0.1) is 24.2 Å². The molecule has 0 aliphatic carbocycles. The van der Waals surface area contributed by atoms with Gasteiger partial charge in [-0.05, 0) is 25.5 Å². The van der Waals surface area contributed by atoms with Crippen molar-refractivity contribution in [3.63, 3.8) is 0 Å². The quantitative estimate of drug-likeness (QED) is 0.612. The molecule has 2 aromatic carbocycles. The van der Waals surface area contributed by atoms with Gasteiger partial charge < -0.3 is 10.1 Å². The Kier molecular flexibility index (Phi) is 6.38. The number of nitrogens with one attached hydrogen (secondary N) is 1. The molecular weight excluding hydrogens is 358 g/mol. The molecule has 1 fully saturated rings. The fraction of sp³-hybridized carbons (Fsp3) is 0.381. The van der Waals surface area contributed by atoms with Crippen molar-refractivity contribution in [2.75, 3.05) is 32.8 Å². The fourth-order valence-electron chi connectivity index (χ4n) is 3.49. The third kappa shape index (κ3) is 4.55. The highest BCUT2D eigenvalue weighted by Crippen LogP contribution is 2.23. The molecular formula is C21H25N3O4. The number of nitro benzene ring substituents is 1. The maximum absolute atomic E-state index is 12.7. The van der Waals surface area contributed by atoms with Gasteiger partial charge in [-0.3, -0.25) is 19.8 Å². The molecule has 0 spiro atoms. The number of carbonyl (C=O) groups excluding carboxylic acids is 1. The standard InChI is InChI=1S/C21H25N3O4/c1-15-6-8-17(9-7-15)20(23-10-12-28-13-11-23)14-22-21(25)18-4-3-5-19(16(18)2)24(26)27/h3-9,20H,10-14H2,1-2H3,(H,22,25). The van der Waals surface area contributed by atoms with Crippen LogP contribution in [-0.4, -0.2) is 48.6 Å². The third-order valence-electron chi connectivity index (χ3n) is 5.15. The van der Waals surface area contributed by atoms with Crippen LogP contribution in [0.5, 0.6) is 0 Å². The van der Waals surface area contributed by atoms with Gasteiger partial charge in [-0.1, -0.05) is 35.9 Å². The maximum atomic E-state index is 12.7. The zero-order valence-corrected chi connectivity index (χ0v) is 16.2. The predicted octanol–water partition coefficient (Wildman–Crippen LogP) is 3.01. The molecule has 3 rings (SSSR count). The van der Waals surface area contributed by atoms with Gasteiger partial charge in [0.2, 0.25) is 0 Å². The lowest BCUT2D eigenvalue weighted by Gasteiger charge is -2.35. The molecule has 28 heavy (non-hydrogen) atoms. The number of nitrogens with zero attached hydrogens (tertiary/aromatic N) is 2. The van der Waals surface area contributed by atoms with E-state index in [9.17, 15) is 14.9 Å². The molecule has 0 saturated carbocycles. The summed E-state index contributed by atoms with van der Waals surface area (Å²) in [4.78, 5) is 25.7. The van der Waals surface area contributed by atoms with Crippen LogP contribution in [0.4, 0.5) is 5.69 Å². The SMILES string of the molecule is Cc1ccc(C(CNC(=O)c2cccc([N+](=O)[O-])c2C)N2CCOCC2)cc1. The van der Waals surface area contributed by atoms with E-state index >= 15 is 0 Å². The number of aryl methyl sites for hydroxylation is 1. The molecule has 0 radical (unpaired) electrons. The van der Waals surface area contributed by atoms with Crippen molar-refractivity contribution >= 4 is 11.6 Å². The first-order valence-corrected chi connectivity index (χ1v) is 9.38. The number of benzene rings is 2. The Bertz CT molecular complexity index is 845. The van der Waals surface area contributed by atoms with Gasteiger partial charge in [-0.2, -0.15) is 0 Å². The van der Waals surface area contributed by atoms with Crippen LogP contribution >= 0.6 is 0 Å². The molecule has 1 saturated heterocycles. The molecule has 1 atom stereocenters. The zero-order chi connectivity index (χ0) is 20.1. The molecule has 1 aliphatic rings. The highest BCUT2D eigenvalue weighted by atomic mass is 16.6. The minimum absolute atomic E-state index is 0.0208. The third-order valence-corrected chi connectivity index (χ3v) is 5.15. The number of morpholine rings is 1. The Labute approximate surface area is 164 Å². The van der Waals surface area contributed by atoms with Crippen molar-refractivity contribution < 1.29 is 14.5 Å². The molecule has 1 N–H and O–H groups in total. The van der Waals surface area contributed by atoms with Gasteiger partial charge in [-0.25, -0.2) is 0 Å². The van der Waals surface area contributed by atoms with Gasteiger partial charge in [0.1, 0.15) is 0 Å². The van der Waals surface area contributed by atoms with E-state index in [0.717, 1.165) is 18.7 Å². The van der Waals surface area contributed by atoms with Crippen LogP contribution in [0.2, 0.25) is 0 Å². The van der Waals surface area contributed by atoms with Crippen LogP contribution in [-0.2, 0) is 4.74 Å². The van der Waals surface area contributed by atoms with E-state index in [1.807, 2.05) is 6.92 Å². The summed E-state index contributed by atoms with van der Waals surface area (Å²) in [5, 5.41) is 14.1. The normalized spacial score (nSPS) is 15.8. The molecule has 0 aromatic heterocycles. The summed E-state index contributed by atoms with van der Waals surface area (Å²) in [6, 6.07) is 12.9. The molecule has 7 nitrogen and oxygen atoms in total. The van der Waals surface area contributed by atoms with Gasteiger partial charge in [0, 0.05) is 36.8 Å². The first-order valence-electron chi connectivity index (χ1n) is 9.38. The summed E-state index contributed by atoms with van der Waals surface area (Å²) in [5.74, 6) is -0.299. The van der Waals surface area contributed by atoms with Crippen LogP contribution in [0.1, 0.15) is 33.1 Å². The Balaban J connectivity index is 1.78. The number of carbonyl (C=O) groups is 1. The lowest BCUT2D eigenvalue weighted by atomic mass is 10.0. The summed E-state index contributed by atoms with van der Waals surface area (Å²) < 4.78 is 5.46. The van der Waals surface area contributed by atoms with E-state index < -0.39 is 4.92 Å². The molecule has 2 aromatic rings. The fourth-order valence-corrected chi connectivity index (χ4v) is 3.49. The number of rotatable bonds is 6. The number of hydrogen-bond donors (Lipinski definition) is 1. The molecule has 1 amide bonds. The summed E-state index contributed by atoms with van der Waals surface area (Å²) in [6.45, 7) is 6.99. The molecule has 1 aliphatic heterocycles. The van der Waals surface area contributed by atoms with E-state index in [-0.39, 0.29) is 17.6 Å². The smallest absolute Gasteiger partial charge is 0.273 e. The van der Waals surface area contributed by atoms with E-state index in [4.69, 9.17) is 4.74 Å². The van der Waals surface area contributed by atoms with Gasteiger partial charge >= 0.3 is 0 Å². The Morgan fingerprint density at radius 1 is 1.18 bits per heavy atom. The maximum Gasteiger partial charge on any atom is 0.273 e. The number of ether oxygens (including phenoxy) is 1. The van der Waals surface area contributed by atoms with Crippen molar-refractivity contribution in [2.45, 2.75) is 19.9 Å². The molecule has 148 valence electrons. The summed E-state index contributed by atoms with van der Waals surface area (Å²) in [7, 11) is 0. The van der Waals surface area contributed by atoms with Crippen molar-refractivity contribution in [1.82, 2.24) is 10.2 Å². The number of hydrogen-bond acceptors (Lipinski definition) is 5. The van der Waals surface area contributed by atoms with Gasteiger partial charge in [-0.15, -0.1) is 0 Å². The highest BCUT2D eigenvalue weighted by molar-refractivity contribution is 5.96. The lowest BCUT2D eigenvalue weighted by molar-refractivity contribution is -0.385. The highest BCUT2D eigenvalue weighted by Gasteiger charge is 2.24. The average molecular weight is 383 g/mol. The number of amides is 1.